The normalized spacial score (nSPS) is 20.2. The molecule has 6 nitrogen and oxygen atoms in total. The van der Waals surface area contributed by atoms with Gasteiger partial charge in [-0.1, -0.05) is 12.1 Å². The SMILES string of the molecule is CC(C)(C)OC(=O)N[C@@H]1c2cccc(F)c2CC12CCN(c1cnc(Br)cn1)CC2. The van der Waals surface area contributed by atoms with Crippen LogP contribution in [0.3, 0.4) is 0 Å². The van der Waals surface area contributed by atoms with Gasteiger partial charge in [0.1, 0.15) is 21.8 Å². The van der Waals surface area contributed by atoms with Crippen molar-refractivity contribution in [1.29, 1.82) is 0 Å². The first-order chi connectivity index (χ1) is 14.2. The van der Waals surface area contributed by atoms with Gasteiger partial charge in [0.2, 0.25) is 0 Å². The van der Waals surface area contributed by atoms with Crippen LogP contribution in [0.4, 0.5) is 15.0 Å². The summed E-state index contributed by atoms with van der Waals surface area (Å²) in [5.74, 6) is 0.618. The van der Waals surface area contributed by atoms with Crippen LogP contribution in [0.15, 0.2) is 35.2 Å². The summed E-state index contributed by atoms with van der Waals surface area (Å²) >= 11 is 3.31. The van der Waals surface area contributed by atoms with E-state index in [0.29, 0.717) is 16.6 Å². The Labute approximate surface area is 184 Å². The van der Waals surface area contributed by atoms with Crippen molar-refractivity contribution in [2.45, 2.75) is 51.7 Å². The number of alkyl carbamates (subject to hydrolysis) is 1. The highest BCUT2D eigenvalue weighted by Gasteiger charge is 2.49. The second-order valence-electron chi connectivity index (χ2n) is 9.11. The minimum Gasteiger partial charge on any atom is -0.444 e. The number of fused-ring (bicyclic) bond motifs is 1. The first-order valence-corrected chi connectivity index (χ1v) is 11.0. The van der Waals surface area contributed by atoms with Crippen molar-refractivity contribution >= 4 is 27.8 Å². The van der Waals surface area contributed by atoms with Gasteiger partial charge < -0.3 is 15.0 Å². The van der Waals surface area contributed by atoms with Crippen LogP contribution in [-0.4, -0.2) is 34.8 Å². The number of aromatic nitrogens is 2. The number of ether oxygens (including phenoxy) is 1. The summed E-state index contributed by atoms with van der Waals surface area (Å²) in [6, 6.07) is 4.84. The number of hydrogen-bond acceptors (Lipinski definition) is 5. The van der Waals surface area contributed by atoms with E-state index in [-0.39, 0.29) is 17.3 Å². The highest BCUT2D eigenvalue weighted by atomic mass is 79.9. The zero-order chi connectivity index (χ0) is 21.5. The van der Waals surface area contributed by atoms with Gasteiger partial charge in [0, 0.05) is 18.5 Å². The summed E-state index contributed by atoms with van der Waals surface area (Å²) in [6.07, 6.45) is 5.19. The number of hydrogen-bond donors (Lipinski definition) is 1. The van der Waals surface area contributed by atoms with Crippen LogP contribution in [0.5, 0.6) is 0 Å². The zero-order valence-electron chi connectivity index (χ0n) is 17.4. The predicted octanol–water partition coefficient (Wildman–Crippen LogP) is 4.79. The number of amides is 1. The topological polar surface area (TPSA) is 67.3 Å². The summed E-state index contributed by atoms with van der Waals surface area (Å²) in [7, 11) is 0. The summed E-state index contributed by atoms with van der Waals surface area (Å²) in [5, 5.41) is 3.06. The predicted molar refractivity (Wildman–Crippen MR) is 116 cm³/mol. The van der Waals surface area contributed by atoms with Crippen molar-refractivity contribution < 1.29 is 13.9 Å². The highest BCUT2D eigenvalue weighted by Crippen LogP contribution is 2.52. The molecule has 2 aliphatic rings. The molecule has 1 fully saturated rings. The molecule has 2 heterocycles. The van der Waals surface area contributed by atoms with Gasteiger partial charge in [-0.15, -0.1) is 0 Å². The fraction of sp³-hybridized carbons (Fsp3) is 0.500. The number of anilines is 1. The molecule has 8 heteroatoms. The van der Waals surface area contributed by atoms with E-state index >= 15 is 0 Å². The molecule has 160 valence electrons. The molecule has 0 saturated carbocycles. The van der Waals surface area contributed by atoms with E-state index in [0.717, 1.165) is 37.3 Å². The van der Waals surface area contributed by atoms with Crippen molar-refractivity contribution in [1.82, 2.24) is 15.3 Å². The molecule has 1 amide bonds. The Balaban J connectivity index is 1.57. The van der Waals surface area contributed by atoms with Gasteiger partial charge >= 0.3 is 6.09 Å². The van der Waals surface area contributed by atoms with E-state index < -0.39 is 11.7 Å². The minimum atomic E-state index is -0.593. The average Bonchev–Trinajstić information content (AvgIpc) is 2.96. The molecule has 0 unspecified atom stereocenters. The lowest BCUT2D eigenvalue weighted by atomic mass is 9.72. The maximum Gasteiger partial charge on any atom is 0.408 e. The number of nitrogens with one attached hydrogen (secondary N) is 1. The van der Waals surface area contributed by atoms with E-state index in [1.807, 2.05) is 26.8 Å². The van der Waals surface area contributed by atoms with Crippen LogP contribution in [0.25, 0.3) is 0 Å². The Morgan fingerprint density at radius 3 is 2.63 bits per heavy atom. The van der Waals surface area contributed by atoms with Crippen LogP contribution in [0.1, 0.15) is 50.8 Å². The van der Waals surface area contributed by atoms with Crippen LogP contribution in [0.2, 0.25) is 0 Å². The van der Waals surface area contributed by atoms with Gasteiger partial charge in [0.15, 0.2) is 0 Å². The molecule has 0 radical (unpaired) electrons. The van der Waals surface area contributed by atoms with Crippen molar-refractivity contribution in [3.63, 3.8) is 0 Å². The van der Waals surface area contributed by atoms with E-state index in [1.165, 1.54) is 6.07 Å². The monoisotopic (exact) mass is 476 g/mol. The number of carbonyl (C=O) groups is 1. The molecule has 1 aliphatic carbocycles. The van der Waals surface area contributed by atoms with Crippen molar-refractivity contribution in [3.05, 3.63) is 52.1 Å². The molecule has 0 bridgehead atoms. The van der Waals surface area contributed by atoms with Crippen LogP contribution >= 0.6 is 15.9 Å². The average molecular weight is 477 g/mol. The van der Waals surface area contributed by atoms with Gasteiger partial charge in [-0.2, -0.15) is 0 Å². The Morgan fingerprint density at radius 1 is 1.27 bits per heavy atom. The maximum atomic E-state index is 14.6. The van der Waals surface area contributed by atoms with Gasteiger partial charge in [-0.05, 0) is 73.2 Å². The minimum absolute atomic E-state index is 0.207. The van der Waals surface area contributed by atoms with Crippen molar-refractivity contribution in [2.75, 3.05) is 18.0 Å². The molecular weight excluding hydrogens is 451 g/mol. The standard InChI is InChI=1S/C22H26BrFN4O2/c1-21(2,3)30-20(29)27-19-14-5-4-6-16(24)15(14)11-22(19)7-9-28(10-8-22)18-13-25-17(23)12-26-18/h4-6,12-13,19H,7-11H2,1-3H3,(H,27,29)/t19-/m1/s1. The molecule has 1 aliphatic heterocycles. The largest absolute Gasteiger partial charge is 0.444 e. The second-order valence-corrected chi connectivity index (χ2v) is 9.92. The summed E-state index contributed by atoms with van der Waals surface area (Å²) < 4.78 is 20.8. The van der Waals surface area contributed by atoms with Crippen LogP contribution in [-0.2, 0) is 11.2 Å². The molecule has 1 saturated heterocycles. The highest BCUT2D eigenvalue weighted by molar-refractivity contribution is 9.10. The van der Waals surface area contributed by atoms with Gasteiger partial charge in [-0.3, -0.25) is 0 Å². The van der Waals surface area contributed by atoms with E-state index in [1.54, 1.807) is 18.5 Å². The summed E-state index contributed by atoms with van der Waals surface area (Å²) in [5.41, 5.74) is 0.721. The Morgan fingerprint density at radius 2 is 2.00 bits per heavy atom. The quantitative estimate of drug-likeness (QED) is 0.674. The van der Waals surface area contributed by atoms with E-state index in [9.17, 15) is 9.18 Å². The number of piperidine rings is 1. The third kappa shape index (κ3) is 4.15. The lowest BCUT2D eigenvalue weighted by molar-refractivity contribution is 0.0428. The molecule has 1 aromatic heterocycles. The number of nitrogens with zero attached hydrogens (tertiary/aromatic N) is 3. The van der Waals surface area contributed by atoms with Gasteiger partial charge in [0.25, 0.3) is 0 Å². The molecular formula is C22H26BrFN4O2. The Kier molecular flexibility index (Phi) is 5.46. The molecule has 1 N–H and O–H groups in total. The summed E-state index contributed by atoms with van der Waals surface area (Å²) in [4.78, 5) is 23.5. The molecule has 2 aromatic rings. The summed E-state index contributed by atoms with van der Waals surface area (Å²) in [6.45, 7) is 7.03. The smallest absolute Gasteiger partial charge is 0.408 e. The molecule has 1 spiro atoms. The first-order valence-electron chi connectivity index (χ1n) is 10.2. The molecule has 30 heavy (non-hydrogen) atoms. The Bertz CT molecular complexity index is 937. The van der Waals surface area contributed by atoms with Crippen LogP contribution in [0, 0.1) is 11.2 Å². The van der Waals surface area contributed by atoms with E-state index in [4.69, 9.17) is 4.74 Å². The van der Waals surface area contributed by atoms with E-state index in [2.05, 4.69) is 36.1 Å². The van der Waals surface area contributed by atoms with Gasteiger partial charge in [-0.25, -0.2) is 19.2 Å². The first kappa shape index (κ1) is 21.0. The number of halogens is 2. The fourth-order valence-corrected chi connectivity index (χ4v) is 4.79. The zero-order valence-corrected chi connectivity index (χ0v) is 19.0. The lowest BCUT2D eigenvalue weighted by Gasteiger charge is -2.43. The van der Waals surface area contributed by atoms with Crippen molar-refractivity contribution in [2.24, 2.45) is 5.41 Å². The third-order valence-corrected chi connectivity index (χ3v) is 6.37. The molecule has 4 rings (SSSR count). The number of carbonyl (C=O) groups excluding carboxylic acids is 1. The number of rotatable bonds is 2. The lowest BCUT2D eigenvalue weighted by Crippen LogP contribution is -2.47. The maximum absolute atomic E-state index is 14.6. The Hall–Kier alpha value is -2.22. The number of benzene rings is 1. The van der Waals surface area contributed by atoms with Crippen LogP contribution < -0.4 is 10.2 Å². The van der Waals surface area contributed by atoms with Gasteiger partial charge in [0.05, 0.1) is 18.4 Å². The second kappa shape index (κ2) is 7.80. The fourth-order valence-electron chi connectivity index (χ4n) is 4.59. The molecule has 1 atom stereocenters. The molecule has 1 aromatic carbocycles. The van der Waals surface area contributed by atoms with Crippen molar-refractivity contribution in [3.8, 4) is 0 Å². The third-order valence-electron chi connectivity index (χ3n) is 5.96.